The van der Waals surface area contributed by atoms with Gasteiger partial charge in [-0.25, -0.2) is 0 Å². The molecule has 2 aromatic rings. The standard InChI is InChI=1S/C16H20O2/c1-3-9-17-15-11-13-7-5-6-8-14(13)12-16(15)18-10-4-2/h5-8,11-12H,3-4,9-10H2,1-2H3. The molecule has 0 aromatic heterocycles. The van der Waals surface area contributed by atoms with Crippen LogP contribution < -0.4 is 9.47 Å². The van der Waals surface area contributed by atoms with Gasteiger partial charge in [-0.05, 0) is 35.7 Å². The van der Waals surface area contributed by atoms with E-state index in [1.54, 1.807) is 0 Å². The van der Waals surface area contributed by atoms with Crippen molar-refractivity contribution < 1.29 is 9.47 Å². The van der Waals surface area contributed by atoms with E-state index in [0.29, 0.717) is 0 Å². The van der Waals surface area contributed by atoms with Crippen molar-refractivity contribution in [1.82, 2.24) is 0 Å². The van der Waals surface area contributed by atoms with Crippen LogP contribution in [-0.4, -0.2) is 13.2 Å². The van der Waals surface area contributed by atoms with Gasteiger partial charge < -0.3 is 9.47 Å². The molecule has 0 aliphatic heterocycles. The van der Waals surface area contributed by atoms with Gasteiger partial charge in [0.2, 0.25) is 0 Å². The Morgan fingerprint density at radius 3 is 1.61 bits per heavy atom. The smallest absolute Gasteiger partial charge is 0.161 e. The van der Waals surface area contributed by atoms with Crippen LogP contribution in [0.25, 0.3) is 10.8 Å². The third kappa shape index (κ3) is 2.95. The molecule has 0 saturated heterocycles. The molecule has 0 amide bonds. The Kier molecular flexibility index (Phi) is 4.46. The van der Waals surface area contributed by atoms with Crippen LogP contribution in [0.15, 0.2) is 36.4 Å². The molecule has 0 bridgehead atoms. The van der Waals surface area contributed by atoms with E-state index in [0.717, 1.165) is 37.6 Å². The third-order valence-electron chi connectivity index (χ3n) is 2.74. The van der Waals surface area contributed by atoms with Crippen molar-refractivity contribution in [2.45, 2.75) is 26.7 Å². The summed E-state index contributed by atoms with van der Waals surface area (Å²) in [6.07, 6.45) is 2.00. The lowest BCUT2D eigenvalue weighted by Gasteiger charge is -2.13. The molecule has 2 aromatic carbocycles. The fourth-order valence-electron chi connectivity index (χ4n) is 1.85. The molecule has 96 valence electrons. The topological polar surface area (TPSA) is 18.5 Å². The van der Waals surface area contributed by atoms with E-state index in [4.69, 9.17) is 9.47 Å². The zero-order chi connectivity index (χ0) is 12.8. The van der Waals surface area contributed by atoms with Crippen LogP contribution in [0, 0.1) is 0 Å². The van der Waals surface area contributed by atoms with Crippen molar-refractivity contribution in [3.8, 4) is 11.5 Å². The molecule has 0 radical (unpaired) electrons. The summed E-state index contributed by atoms with van der Waals surface area (Å²) in [7, 11) is 0. The third-order valence-corrected chi connectivity index (χ3v) is 2.74. The second kappa shape index (κ2) is 6.29. The van der Waals surface area contributed by atoms with Crippen molar-refractivity contribution in [1.29, 1.82) is 0 Å². The number of rotatable bonds is 6. The number of fused-ring (bicyclic) bond motifs is 1. The van der Waals surface area contributed by atoms with Gasteiger partial charge in [0.05, 0.1) is 13.2 Å². The molecule has 0 aliphatic carbocycles. The normalized spacial score (nSPS) is 10.6. The van der Waals surface area contributed by atoms with Gasteiger partial charge in [-0.15, -0.1) is 0 Å². The summed E-state index contributed by atoms with van der Waals surface area (Å²) in [6, 6.07) is 12.4. The van der Waals surface area contributed by atoms with Gasteiger partial charge >= 0.3 is 0 Å². The summed E-state index contributed by atoms with van der Waals surface area (Å²) in [5.74, 6) is 1.70. The molecule has 0 heterocycles. The highest BCUT2D eigenvalue weighted by Gasteiger charge is 2.07. The quantitative estimate of drug-likeness (QED) is 0.749. The van der Waals surface area contributed by atoms with E-state index in [2.05, 4.69) is 38.1 Å². The molecule has 0 fully saturated rings. The van der Waals surface area contributed by atoms with E-state index < -0.39 is 0 Å². The summed E-state index contributed by atoms with van der Waals surface area (Å²) < 4.78 is 11.5. The number of ether oxygens (including phenoxy) is 2. The summed E-state index contributed by atoms with van der Waals surface area (Å²) in [6.45, 7) is 5.66. The summed E-state index contributed by atoms with van der Waals surface area (Å²) >= 11 is 0. The Bertz CT molecular complexity index is 459. The minimum Gasteiger partial charge on any atom is -0.490 e. The van der Waals surface area contributed by atoms with E-state index in [9.17, 15) is 0 Å². The highest BCUT2D eigenvalue weighted by Crippen LogP contribution is 2.32. The van der Waals surface area contributed by atoms with E-state index in [1.807, 2.05) is 12.1 Å². The first-order valence-corrected chi connectivity index (χ1v) is 6.63. The zero-order valence-electron chi connectivity index (χ0n) is 11.1. The molecule has 18 heavy (non-hydrogen) atoms. The van der Waals surface area contributed by atoms with Crippen LogP contribution in [0.3, 0.4) is 0 Å². The van der Waals surface area contributed by atoms with Crippen LogP contribution in [0.2, 0.25) is 0 Å². The molecule has 0 spiro atoms. The monoisotopic (exact) mass is 244 g/mol. The Hall–Kier alpha value is -1.70. The maximum Gasteiger partial charge on any atom is 0.161 e. The molecule has 0 saturated carbocycles. The molecule has 2 heteroatoms. The largest absolute Gasteiger partial charge is 0.490 e. The molecule has 0 N–H and O–H groups in total. The van der Waals surface area contributed by atoms with E-state index >= 15 is 0 Å². The fraction of sp³-hybridized carbons (Fsp3) is 0.375. The lowest BCUT2D eigenvalue weighted by atomic mass is 10.1. The van der Waals surface area contributed by atoms with Crippen LogP contribution in [0.4, 0.5) is 0 Å². The first-order valence-electron chi connectivity index (χ1n) is 6.63. The van der Waals surface area contributed by atoms with E-state index in [-0.39, 0.29) is 0 Å². The SMILES string of the molecule is CCCOc1cc2ccccc2cc1OCCC. The molecule has 0 unspecified atom stereocenters. The average Bonchev–Trinajstić information content (AvgIpc) is 2.42. The fourth-order valence-corrected chi connectivity index (χ4v) is 1.85. The summed E-state index contributed by atoms with van der Waals surface area (Å²) in [4.78, 5) is 0. The molecule has 2 rings (SSSR count). The average molecular weight is 244 g/mol. The Labute approximate surface area is 109 Å². The van der Waals surface area contributed by atoms with Crippen LogP contribution in [-0.2, 0) is 0 Å². The van der Waals surface area contributed by atoms with Gasteiger partial charge in [-0.1, -0.05) is 38.1 Å². The van der Waals surface area contributed by atoms with E-state index in [1.165, 1.54) is 10.8 Å². The van der Waals surface area contributed by atoms with Gasteiger partial charge in [0, 0.05) is 0 Å². The van der Waals surface area contributed by atoms with Crippen LogP contribution in [0.1, 0.15) is 26.7 Å². The van der Waals surface area contributed by atoms with Gasteiger partial charge in [0.25, 0.3) is 0 Å². The molecule has 2 nitrogen and oxygen atoms in total. The first kappa shape index (κ1) is 12.7. The number of benzene rings is 2. The van der Waals surface area contributed by atoms with Crippen LogP contribution in [0.5, 0.6) is 11.5 Å². The second-order valence-electron chi connectivity index (χ2n) is 4.34. The summed E-state index contributed by atoms with van der Waals surface area (Å²) in [5, 5.41) is 2.37. The number of hydrogen-bond acceptors (Lipinski definition) is 2. The van der Waals surface area contributed by atoms with Crippen molar-refractivity contribution in [2.75, 3.05) is 13.2 Å². The van der Waals surface area contributed by atoms with Gasteiger partial charge in [0.15, 0.2) is 11.5 Å². The molecular formula is C16H20O2. The molecule has 0 aliphatic rings. The highest BCUT2D eigenvalue weighted by molar-refractivity contribution is 5.86. The Balaban J connectivity index is 2.35. The molecule has 0 atom stereocenters. The summed E-state index contributed by atoms with van der Waals surface area (Å²) in [5.41, 5.74) is 0. The maximum atomic E-state index is 5.77. The Morgan fingerprint density at radius 2 is 1.22 bits per heavy atom. The minimum atomic E-state index is 0.723. The zero-order valence-corrected chi connectivity index (χ0v) is 11.1. The first-order chi connectivity index (χ1) is 8.85. The second-order valence-corrected chi connectivity index (χ2v) is 4.34. The molecular weight excluding hydrogens is 224 g/mol. The van der Waals surface area contributed by atoms with Gasteiger partial charge in [0.1, 0.15) is 0 Å². The van der Waals surface area contributed by atoms with Crippen molar-refractivity contribution >= 4 is 10.8 Å². The lowest BCUT2D eigenvalue weighted by molar-refractivity contribution is 0.269. The minimum absolute atomic E-state index is 0.723. The predicted octanol–water partition coefficient (Wildman–Crippen LogP) is 4.42. The predicted molar refractivity (Wildman–Crippen MR) is 75.5 cm³/mol. The van der Waals surface area contributed by atoms with Gasteiger partial charge in [-0.3, -0.25) is 0 Å². The maximum absolute atomic E-state index is 5.77. The Morgan fingerprint density at radius 1 is 0.778 bits per heavy atom. The number of hydrogen-bond donors (Lipinski definition) is 0. The van der Waals surface area contributed by atoms with Gasteiger partial charge in [-0.2, -0.15) is 0 Å². The lowest BCUT2D eigenvalue weighted by Crippen LogP contribution is -2.01. The van der Waals surface area contributed by atoms with Crippen molar-refractivity contribution in [3.63, 3.8) is 0 Å². The highest BCUT2D eigenvalue weighted by atomic mass is 16.5. The van der Waals surface area contributed by atoms with Crippen LogP contribution >= 0.6 is 0 Å². The van der Waals surface area contributed by atoms with Crippen molar-refractivity contribution in [2.24, 2.45) is 0 Å². The van der Waals surface area contributed by atoms with Crippen molar-refractivity contribution in [3.05, 3.63) is 36.4 Å².